The van der Waals surface area contributed by atoms with Crippen LogP contribution in [0.2, 0.25) is 0 Å². The van der Waals surface area contributed by atoms with Crippen molar-refractivity contribution in [3.8, 4) is 11.5 Å². The molecule has 0 aromatic heterocycles. The number of hydrogen-bond donors (Lipinski definition) is 3. The number of hydrogen-bond acceptors (Lipinski definition) is 6. The molecule has 0 fully saturated rings. The van der Waals surface area contributed by atoms with Crippen LogP contribution in [0.4, 0.5) is 11.4 Å². The fourth-order valence-corrected chi connectivity index (χ4v) is 5.18. The maximum atomic E-state index is 13.5. The number of carbonyl (C=O) groups is 3. The monoisotopic (exact) mass is 609 g/mol. The van der Waals surface area contributed by atoms with Crippen molar-refractivity contribution in [3.63, 3.8) is 0 Å². The second-order valence-corrected chi connectivity index (χ2v) is 11.4. The number of aryl methyl sites for hydroxylation is 2. The van der Waals surface area contributed by atoms with E-state index in [1.54, 1.807) is 67.8 Å². The van der Waals surface area contributed by atoms with Gasteiger partial charge in [-0.2, -0.15) is 0 Å². The lowest BCUT2D eigenvalue weighted by Crippen LogP contribution is -2.30. The molecule has 4 aromatic rings. The van der Waals surface area contributed by atoms with E-state index in [9.17, 15) is 14.4 Å². The standard InChI is InChI=1S/C35H35N3O5S/c1-22-11-17-30(23(2)19-22)37-33(39)24(3)44-29-15-12-27(13-16-29)36-35(41)31(38-34(40)25-9-7-6-8-10-25)21-26-20-28(42-4)14-18-32(26)43-5/h6-21,24H,1-5H3,(H,36,41)(H,37,39)(H,38,40)/b31-21-. The molecule has 4 aromatic carbocycles. The summed E-state index contributed by atoms with van der Waals surface area (Å²) in [4.78, 5) is 40.2. The van der Waals surface area contributed by atoms with Crippen molar-refractivity contribution in [2.45, 2.75) is 30.9 Å². The van der Waals surface area contributed by atoms with Crippen LogP contribution in [0.25, 0.3) is 6.08 Å². The smallest absolute Gasteiger partial charge is 0.272 e. The summed E-state index contributed by atoms with van der Waals surface area (Å²) >= 11 is 1.41. The summed E-state index contributed by atoms with van der Waals surface area (Å²) in [6.07, 6.45) is 1.54. The highest BCUT2D eigenvalue weighted by Gasteiger charge is 2.18. The van der Waals surface area contributed by atoms with Crippen LogP contribution in [0.5, 0.6) is 11.5 Å². The molecule has 0 radical (unpaired) electrons. The molecule has 44 heavy (non-hydrogen) atoms. The summed E-state index contributed by atoms with van der Waals surface area (Å²) in [5, 5.41) is 8.23. The Labute approximate surface area is 261 Å². The maximum absolute atomic E-state index is 13.5. The molecular weight excluding hydrogens is 574 g/mol. The van der Waals surface area contributed by atoms with Crippen LogP contribution in [0.15, 0.2) is 102 Å². The predicted octanol–water partition coefficient (Wildman–Crippen LogP) is 6.85. The van der Waals surface area contributed by atoms with Crippen LogP contribution in [0.3, 0.4) is 0 Å². The van der Waals surface area contributed by atoms with E-state index in [4.69, 9.17) is 9.47 Å². The lowest BCUT2D eigenvalue weighted by Gasteiger charge is -2.15. The summed E-state index contributed by atoms with van der Waals surface area (Å²) in [5.41, 5.74) is 4.42. The summed E-state index contributed by atoms with van der Waals surface area (Å²) in [7, 11) is 3.06. The number of benzene rings is 4. The van der Waals surface area contributed by atoms with Gasteiger partial charge in [0, 0.05) is 27.4 Å². The second-order valence-electron chi connectivity index (χ2n) is 10.0. The first-order valence-corrected chi connectivity index (χ1v) is 14.8. The molecule has 0 heterocycles. The Morgan fingerprint density at radius 2 is 1.55 bits per heavy atom. The van der Waals surface area contributed by atoms with E-state index >= 15 is 0 Å². The van der Waals surface area contributed by atoms with Crippen LogP contribution >= 0.6 is 11.8 Å². The first-order valence-electron chi connectivity index (χ1n) is 13.9. The summed E-state index contributed by atoms with van der Waals surface area (Å²) in [5.74, 6) is 0.00374. The van der Waals surface area contributed by atoms with Crippen LogP contribution in [-0.4, -0.2) is 37.2 Å². The van der Waals surface area contributed by atoms with E-state index in [0.29, 0.717) is 28.3 Å². The van der Waals surface area contributed by atoms with Crippen molar-refractivity contribution in [2.75, 3.05) is 24.9 Å². The van der Waals surface area contributed by atoms with Crippen molar-refractivity contribution in [1.29, 1.82) is 0 Å². The van der Waals surface area contributed by atoms with Gasteiger partial charge in [0.05, 0.1) is 19.5 Å². The number of nitrogens with one attached hydrogen (secondary N) is 3. The molecule has 0 bridgehead atoms. The van der Waals surface area contributed by atoms with Crippen molar-refractivity contribution in [2.24, 2.45) is 0 Å². The fourth-order valence-electron chi connectivity index (χ4n) is 4.31. The topological polar surface area (TPSA) is 106 Å². The van der Waals surface area contributed by atoms with Crippen molar-refractivity contribution in [1.82, 2.24) is 5.32 Å². The molecule has 226 valence electrons. The Morgan fingerprint density at radius 3 is 2.20 bits per heavy atom. The Bertz CT molecular complexity index is 1670. The average Bonchev–Trinajstić information content (AvgIpc) is 3.03. The molecule has 1 atom stereocenters. The molecule has 8 nitrogen and oxygen atoms in total. The van der Waals surface area contributed by atoms with Crippen LogP contribution in [0.1, 0.15) is 34.0 Å². The molecule has 1 unspecified atom stereocenters. The molecule has 4 rings (SSSR count). The van der Waals surface area contributed by atoms with Gasteiger partial charge in [0.25, 0.3) is 11.8 Å². The molecule has 0 saturated carbocycles. The van der Waals surface area contributed by atoms with E-state index < -0.39 is 11.8 Å². The van der Waals surface area contributed by atoms with E-state index in [1.165, 1.54) is 24.9 Å². The minimum Gasteiger partial charge on any atom is -0.497 e. The quantitative estimate of drug-likeness (QED) is 0.127. The number of rotatable bonds is 11. The summed E-state index contributed by atoms with van der Waals surface area (Å²) in [6.45, 7) is 5.83. The number of amides is 3. The third-order valence-corrected chi connectivity index (χ3v) is 7.81. The molecule has 3 amide bonds. The van der Waals surface area contributed by atoms with E-state index in [2.05, 4.69) is 16.0 Å². The Kier molecular flexibility index (Phi) is 10.8. The number of ether oxygens (including phenoxy) is 2. The number of methoxy groups -OCH3 is 2. The summed E-state index contributed by atoms with van der Waals surface area (Å²) in [6, 6.07) is 26.9. The van der Waals surface area contributed by atoms with Crippen molar-refractivity contribution in [3.05, 3.63) is 119 Å². The van der Waals surface area contributed by atoms with E-state index in [0.717, 1.165) is 21.7 Å². The fraction of sp³-hybridized carbons (Fsp3) is 0.171. The van der Waals surface area contributed by atoms with Gasteiger partial charge in [-0.3, -0.25) is 14.4 Å². The average molecular weight is 610 g/mol. The van der Waals surface area contributed by atoms with Gasteiger partial charge in [-0.05, 0) is 93.1 Å². The van der Waals surface area contributed by atoms with Gasteiger partial charge in [-0.1, -0.05) is 35.9 Å². The zero-order valence-corrected chi connectivity index (χ0v) is 26.1. The van der Waals surface area contributed by atoms with Crippen LogP contribution in [0, 0.1) is 13.8 Å². The molecule has 0 aliphatic heterocycles. The van der Waals surface area contributed by atoms with Crippen molar-refractivity contribution >= 4 is 46.9 Å². The second kappa shape index (κ2) is 14.9. The lowest BCUT2D eigenvalue weighted by atomic mass is 10.1. The molecular formula is C35H35N3O5S. The first kappa shape index (κ1) is 31.9. The highest BCUT2D eigenvalue weighted by Crippen LogP contribution is 2.28. The van der Waals surface area contributed by atoms with Gasteiger partial charge in [0.1, 0.15) is 17.2 Å². The third-order valence-electron chi connectivity index (χ3n) is 6.70. The van der Waals surface area contributed by atoms with Gasteiger partial charge in [0.2, 0.25) is 5.91 Å². The molecule has 9 heteroatoms. The van der Waals surface area contributed by atoms with Crippen LogP contribution in [-0.2, 0) is 9.59 Å². The van der Waals surface area contributed by atoms with Gasteiger partial charge >= 0.3 is 0 Å². The van der Waals surface area contributed by atoms with Gasteiger partial charge in [0.15, 0.2) is 0 Å². The van der Waals surface area contributed by atoms with Crippen molar-refractivity contribution < 1.29 is 23.9 Å². The molecule has 0 spiro atoms. The van der Waals surface area contributed by atoms with Gasteiger partial charge < -0.3 is 25.4 Å². The Balaban J connectivity index is 1.49. The highest BCUT2D eigenvalue weighted by molar-refractivity contribution is 8.00. The molecule has 0 aliphatic carbocycles. The van der Waals surface area contributed by atoms with Crippen LogP contribution < -0.4 is 25.4 Å². The largest absolute Gasteiger partial charge is 0.497 e. The first-order chi connectivity index (χ1) is 21.2. The van der Waals surface area contributed by atoms with E-state index in [1.807, 2.05) is 51.1 Å². The number of anilines is 2. The SMILES string of the molecule is COc1ccc(OC)c(/C=C(\NC(=O)c2ccccc2)C(=O)Nc2ccc(SC(C)C(=O)Nc3ccc(C)cc3C)cc2)c1. The Hall–Kier alpha value is -5.02. The minimum absolute atomic E-state index is 0.0144. The zero-order chi connectivity index (χ0) is 31.6. The van der Waals surface area contributed by atoms with E-state index in [-0.39, 0.29) is 16.9 Å². The zero-order valence-electron chi connectivity index (χ0n) is 25.3. The maximum Gasteiger partial charge on any atom is 0.272 e. The van der Waals surface area contributed by atoms with Gasteiger partial charge in [-0.15, -0.1) is 11.8 Å². The molecule has 0 saturated heterocycles. The normalized spacial score (nSPS) is 11.7. The molecule has 3 N–H and O–H groups in total. The number of thioether (sulfide) groups is 1. The molecule has 0 aliphatic rings. The third kappa shape index (κ3) is 8.52. The lowest BCUT2D eigenvalue weighted by molar-refractivity contribution is -0.115. The number of carbonyl (C=O) groups excluding carboxylic acids is 3. The predicted molar refractivity (Wildman–Crippen MR) is 176 cm³/mol. The highest BCUT2D eigenvalue weighted by atomic mass is 32.2. The summed E-state index contributed by atoms with van der Waals surface area (Å²) < 4.78 is 10.8. The van der Waals surface area contributed by atoms with Gasteiger partial charge in [-0.25, -0.2) is 0 Å². The minimum atomic E-state index is -0.527. The Morgan fingerprint density at radius 1 is 0.818 bits per heavy atom.